The van der Waals surface area contributed by atoms with Crippen LogP contribution in [0.4, 0.5) is 0 Å². The Hall–Kier alpha value is -7.92. The zero-order valence-electron chi connectivity index (χ0n) is 31.5. The van der Waals surface area contributed by atoms with Crippen molar-refractivity contribution in [3.8, 4) is 93.1 Å². The van der Waals surface area contributed by atoms with Crippen molar-refractivity contribution in [2.24, 2.45) is 7.05 Å². The monoisotopic (exact) mass is 777 g/mol. The highest BCUT2D eigenvalue weighted by Gasteiger charge is 2.36. The number of aromatic amines is 2. The van der Waals surface area contributed by atoms with Crippen molar-refractivity contribution in [3.05, 3.63) is 0 Å². The number of H-pyrrole nitrogens is 2. The van der Waals surface area contributed by atoms with Crippen LogP contribution in [0.5, 0.6) is 47.0 Å². The van der Waals surface area contributed by atoms with E-state index < -0.39 is 0 Å². The van der Waals surface area contributed by atoms with Crippen LogP contribution in [0.2, 0.25) is 0 Å². The van der Waals surface area contributed by atoms with Crippen molar-refractivity contribution in [1.82, 2.24) is 74.8 Å². The highest BCUT2D eigenvalue weighted by Crippen LogP contribution is 2.39. The van der Waals surface area contributed by atoms with Crippen LogP contribution in [0.25, 0.3) is 90.7 Å². The molecule has 288 valence electrons. The van der Waals surface area contributed by atoms with Gasteiger partial charge in [-0.15, -0.1) is 0 Å². The van der Waals surface area contributed by atoms with E-state index in [0.717, 1.165) is 0 Å². The zero-order chi connectivity index (χ0) is 39.7. The summed E-state index contributed by atoms with van der Waals surface area (Å²) in [5, 5.41) is 0. The summed E-state index contributed by atoms with van der Waals surface area (Å²) in [4.78, 5) is 68.7. The number of nitrogens with zero attached hydrogens (tertiary/aromatic N) is 14. The number of aromatic nitrogens is 16. The van der Waals surface area contributed by atoms with Gasteiger partial charge >= 0.3 is 0 Å². The molecule has 0 atom stereocenters. The Morgan fingerprint density at radius 1 is 0.316 bits per heavy atom. The van der Waals surface area contributed by atoms with Gasteiger partial charge in [0.1, 0.15) is 22.4 Å². The quantitative estimate of drug-likeness (QED) is 0.207. The molecule has 57 heavy (non-hydrogen) atoms. The maximum absolute atomic E-state index is 5.54. The van der Waals surface area contributed by atoms with Gasteiger partial charge in [-0.25, -0.2) is 49.4 Å². The van der Waals surface area contributed by atoms with E-state index in [1.165, 1.54) is 56.9 Å². The van der Waals surface area contributed by atoms with Gasteiger partial charge in [-0.3, -0.25) is 0 Å². The molecule has 0 radical (unpaired) electrons. The van der Waals surface area contributed by atoms with E-state index in [1.54, 1.807) is 11.6 Å². The molecule has 0 saturated carbocycles. The number of hydrogen-bond acceptors (Lipinski definition) is 21. The van der Waals surface area contributed by atoms with E-state index >= 15 is 0 Å². The molecule has 0 aromatic carbocycles. The molecule has 0 saturated heterocycles. The Morgan fingerprint density at radius 2 is 0.579 bits per heavy atom. The number of methoxy groups -OCH3 is 8. The minimum atomic E-state index is 0.0796. The average molecular weight is 778 g/mol. The van der Waals surface area contributed by atoms with Crippen molar-refractivity contribution in [2.75, 3.05) is 56.9 Å². The van der Waals surface area contributed by atoms with Crippen molar-refractivity contribution in [1.29, 1.82) is 0 Å². The van der Waals surface area contributed by atoms with E-state index in [9.17, 15) is 0 Å². The van der Waals surface area contributed by atoms with Crippen molar-refractivity contribution in [2.45, 2.75) is 0 Å². The van der Waals surface area contributed by atoms with Gasteiger partial charge in [0.05, 0.1) is 63.9 Å². The average Bonchev–Trinajstić information content (AvgIpc) is 3.94. The summed E-state index contributed by atoms with van der Waals surface area (Å²) in [5.74, 6) is 1.48. The SMILES string of the molecule is COc1nc2c(nc1OC)-c1nc-2nc2[nH]c(nc3[n+](C)c(nc4[nH]c(n1)c1nc(OC)c(OC)nc41)-c1nc(OC)c(OC)nc1-3)c1nc(OC)c(OC)nc21. The third-order valence-corrected chi connectivity index (χ3v) is 8.82. The topological polar surface area (TPSA) is 277 Å². The van der Waals surface area contributed by atoms with Crippen LogP contribution < -0.4 is 42.5 Å². The number of hydrogen-bond donors (Lipinski definition) is 2. The Labute approximate surface area is 318 Å². The fourth-order valence-electron chi connectivity index (χ4n) is 6.21. The van der Waals surface area contributed by atoms with Gasteiger partial charge in [0.15, 0.2) is 45.4 Å². The number of rotatable bonds is 8. The molecular formula is C33H29N16O8+. The van der Waals surface area contributed by atoms with Crippen LogP contribution in [0.15, 0.2) is 0 Å². The molecule has 2 aliphatic rings. The normalized spacial score (nSPS) is 11.6. The molecule has 0 spiro atoms. The molecule has 24 nitrogen and oxygen atoms in total. The summed E-state index contributed by atoms with van der Waals surface area (Å²) in [6.45, 7) is 0. The standard InChI is InChI=1S/C33H28N16O8/c1-49-24-16-17(41-33(57-9)32(40-16)56-8)25(49)48-23-15-13(37-29(53-5)31(39-15)55-7)21(46-23)44-19-11-10(34-26(50-2)27(35-11)51-3)18(42-19)43-20-12-14(22(45-20)47-24)38-30(54-6)28(36-12)52-4/h1-9H3,(H,34,35,36,37,38,39,40,41,42,43,44,45,46,47,48)/p+1. The predicted molar refractivity (Wildman–Crippen MR) is 194 cm³/mol. The minimum absolute atomic E-state index is 0.0796. The highest BCUT2D eigenvalue weighted by atomic mass is 16.5. The maximum atomic E-state index is 5.54. The first-order valence-electron chi connectivity index (χ1n) is 16.6. The van der Waals surface area contributed by atoms with E-state index in [-0.39, 0.29) is 126 Å². The molecule has 0 amide bonds. The van der Waals surface area contributed by atoms with Crippen LogP contribution in [-0.4, -0.2) is 132 Å². The second kappa shape index (κ2) is 13.1. The largest absolute Gasteiger partial charge is 0.477 e. The molecule has 0 fully saturated rings. The molecular weight excluding hydrogens is 748 g/mol. The predicted octanol–water partition coefficient (Wildman–Crippen LogP) is 1.53. The molecule has 2 N–H and O–H groups in total. The van der Waals surface area contributed by atoms with Gasteiger partial charge in [0.2, 0.25) is 11.3 Å². The van der Waals surface area contributed by atoms with Crippen LogP contribution in [0.1, 0.15) is 0 Å². The Bertz CT molecular complexity index is 2810. The zero-order valence-corrected chi connectivity index (χ0v) is 31.5. The summed E-state index contributed by atoms with van der Waals surface area (Å²) < 4.78 is 45.8. The van der Waals surface area contributed by atoms with Crippen LogP contribution in [-0.2, 0) is 7.05 Å². The van der Waals surface area contributed by atoms with Gasteiger partial charge in [0, 0.05) is 0 Å². The lowest BCUT2D eigenvalue weighted by atomic mass is 10.3. The Morgan fingerprint density at radius 3 is 0.877 bits per heavy atom. The fourth-order valence-corrected chi connectivity index (χ4v) is 6.21. The number of fused-ring (bicyclic) bond motifs is 20. The summed E-state index contributed by atoms with van der Waals surface area (Å²) in [5.41, 5.74) is 2.81. The number of nitrogens with one attached hydrogen (secondary N) is 2. The van der Waals surface area contributed by atoms with Gasteiger partial charge in [-0.05, 0) is 0 Å². The fraction of sp³-hybridized carbons (Fsp3) is 0.273. The molecule has 9 heterocycles. The lowest BCUT2D eigenvalue weighted by Crippen LogP contribution is -2.31. The van der Waals surface area contributed by atoms with E-state index in [4.69, 9.17) is 82.8 Å². The second-order valence-corrected chi connectivity index (χ2v) is 11.8. The molecule has 7 aromatic heterocycles. The minimum Gasteiger partial charge on any atom is -0.477 e. The van der Waals surface area contributed by atoms with Gasteiger partial charge in [-0.2, -0.15) is 9.97 Å². The third kappa shape index (κ3) is 5.20. The van der Waals surface area contributed by atoms with Crippen LogP contribution in [0, 0.1) is 0 Å². The summed E-state index contributed by atoms with van der Waals surface area (Å²) in [7, 11) is 13.3. The Balaban J connectivity index is 1.52. The maximum Gasteiger partial charge on any atom is 0.293 e. The van der Waals surface area contributed by atoms with Gasteiger partial charge < -0.3 is 47.9 Å². The molecule has 0 aliphatic carbocycles. The first kappa shape index (κ1) is 34.8. The van der Waals surface area contributed by atoms with Crippen molar-refractivity contribution in [3.63, 3.8) is 0 Å². The molecule has 7 aromatic rings. The van der Waals surface area contributed by atoms with Gasteiger partial charge in [-0.1, -0.05) is 9.97 Å². The van der Waals surface area contributed by atoms with E-state index in [2.05, 4.69) is 29.9 Å². The van der Waals surface area contributed by atoms with Crippen molar-refractivity contribution >= 4 is 44.7 Å². The van der Waals surface area contributed by atoms with Crippen molar-refractivity contribution < 1.29 is 42.5 Å². The molecule has 2 aliphatic heterocycles. The van der Waals surface area contributed by atoms with Crippen LogP contribution >= 0.6 is 0 Å². The summed E-state index contributed by atoms with van der Waals surface area (Å²) in [6, 6.07) is 0. The first-order valence-corrected chi connectivity index (χ1v) is 16.6. The van der Waals surface area contributed by atoms with Gasteiger partial charge in [0.25, 0.3) is 58.7 Å². The summed E-state index contributed by atoms with van der Waals surface area (Å²) >= 11 is 0. The lowest BCUT2D eigenvalue weighted by molar-refractivity contribution is -0.650. The smallest absolute Gasteiger partial charge is 0.293 e. The number of ether oxygens (including phenoxy) is 8. The molecule has 0 unspecified atom stereocenters. The van der Waals surface area contributed by atoms with Crippen LogP contribution in [0.3, 0.4) is 0 Å². The summed E-state index contributed by atoms with van der Waals surface area (Å²) in [6.07, 6.45) is 0. The highest BCUT2D eigenvalue weighted by molar-refractivity contribution is 6.01. The van der Waals surface area contributed by atoms with E-state index in [0.29, 0.717) is 11.4 Å². The Kier molecular flexibility index (Phi) is 8.02. The molecule has 24 heteroatoms. The first-order chi connectivity index (χ1) is 27.7. The van der Waals surface area contributed by atoms with E-state index in [1.807, 2.05) is 0 Å². The third-order valence-electron chi connectivity index (χ3n) is 8.82. The molecule has 9 rings (SSSR count). The lowest BCUT2D eigenvalue weighted by Gasteiger charge is -2.07. The molecule has 8 bridgehead atoms. The second-order valence-electron chi connectivity index (χ2n) is 11.8.